The highest BCUT2D eigenvalue weighted by atomic mass is 16.5. The molecule has 0 N–H and O–H groups in total. The van der Waals surface area contributed by atoms with Gasteiger partial charge in [0.2, 0.25) is 0 Å². The second-order valence-electron chi connectivity index (χ2n) is 4.45. The Morgan fingerprint density at radius 3 is 2.65 bits per heavy atom. The summed E-state index contributed by atoms with van der Waals surface area (Å²) in [6.07, 6.45) is 5.27. The van der Waals surface area contributed by atoms with Crippen LogP contribution in [0.2, 0.25) is 0 Å². The van der Waals surface area contributed by atoms with E-state index in [1.54, 1.807) is 6.08 Å². The molecule has 1 aromatic carbocycles. The van der Waals surface area contributed by atoms with E-state index in [2.05, 4.69) is 13.8 Å². The van der Waals surface area contributed by atoms with Crippen molar-refractivity contribution < 1.29 is 9.53 Å². The Bertz CT molecular complexity index is 352. The van der Waals surface area contributed by atoms with E-state index in [0.717, 1.165) is 18.4 Å². The Morgan fingerprint density at radius 1 is 1.29 bits per heavy atom. The molecule has 1 aromatic rings. The van der Waals surface area contributed by atoms with Gasteiger partial charge in [-0.3, -0.25) is 0 Å². The standard InChI is InChI=1S/C15H20O2/c1-13(2)7-6-12-17-15(16)11-10-14-8-4-3-5-9-14/h3-5,8-11,13H,6-7,12H2,1-2H3. The van der Waals surface area contributed by atoms with Crippen LogP contribution in [0.5, 0.6) is 0 Å². The molecule has 0 saturated carbocycles. The molecule has 0 spiro atoms. The third kappa shape index (κ3) is 6.56. The van der Waals surface area contributed by atoms with E-state index in [1.165, 1.54) is 6.08 Å². The van der Waals surface area contributed by atoms with Crippen LogP contribution in [0.3, 0.4) is 0 Å². The molecular weight excluding hydrogens is 212 g/mol. The van der Waals surface area contributed by atoms with Crippen LogP contribution >= 0.6 is 0 Å². The molecule has 0 unspecified atom stereocenters. The molecule has 0 bridgehead atoms. The molecule has 0 radical (unpaired) electrons. The summed E-state index contributed by atoms with van der Waals surface area (Å²) in [5.74, 6) is 0.395. The third-order valence-corrected chi connectivity index (χ3v) is 2.38. The molecule has 0 aliphatic heterocycles. The van der Waals surface area contributed by atoms with Crippen LogP contribution in [-0.4, -0.2) is 12.6 Å². The number of esters is 1. The van der Waals surface area contributed by atoms with Crippen LogP contribution in [0.4, 0.5) is 0 Å². The summed E-state index contributed by atoms with van der Waals surface area (Å²) in [6.45, 7) is 4.84. The highest BCUT2D eigenvalue weighted by Gasteiger charge is 1.98. The molecule has 0 aliphatic carbocycles. The lowest BCUT2D eigenvalue weighted by Gasteiger charge is -2.04. The van der Waals surface area contributed by atoms with E-state index in [9.17, 15) is 4.79 Å². The first-order chi connectivity index (χ1) is 8.18. The van der Waals surface area contributed by atoms with Gasteiger partial charge in [0.25, 0.3) is 0 Å². The van der Waals surface area contributed by atoms with Crippen molar-refractivity contribution in [1.29, 1.82) is 0 Å². The second-order valence-corrected chi connectivity index (χ2v) is 4.45. The Hall–Kier alpha value is -1.57. The maximum atomic E-state index is 11.4. The van der Waals surface area contributed by atoms with Crippen LogP contribution in [0.25, 0.3) is 6.08 Å². The summed E-state index contributed by atoms with van der Waals surface area (Å²) in [6, 6.07) is 9.72. The van der Waals surface area contributed by atoms with Gasteiger partial charge in [-0.15, -0.1) is 0 Å². The number of rotatable bonds is 6. The number of hydrogen-bond donors (Lipinski definition) is 0. The molecule has 2 heteroatoms. The summed E-state index contributed by atoms with van der Waals surface area (Å²) >= 11 is 0. The minimum atomic E-state index is -0.266. The number of ether oxygens (including phenoxy) is 1. The van der Waals surface area contributed by atoms with Crippen LogP contribution in [0.15, 0.2) is 36.4 Å². The quantitative estimate of drug-likeness (QED) is 0.425. The van der Waals surface area contributed by atoms with E-state index < -0.39 is 0 Å². The van der Waals surface area contributed by atoms with Crippen molar-refractivity contribution in [2.24, 2.45) is 5.92 Å². The predicted molar refractivity (Wildman–Crippen MR) is 70.5 cm³/mol. The lowest BCUT2D eigenvalue weighted by atomic mass is 10.1. The number of benzene rings is 1. The van der Waals surface area contributed by atoms with E-state index >= 15 is 0 Å². The van der Waals surface area contributed by atoms with Gasteiger partial charge >= 0.3 is 5.97 Å². The maximum absolute atomic E-state index is 11.4. The highest BCUT2D eigenvalue weighted by Crippen LogP contribution is 2.04. The largest absolute Gasteiger partial charge is 0.463 e. The summed E-state index contributed by atoms with van der Waals surface area (Å²) < 4.78 is 5.09. The van der Waals surface area contributed by atoms with Gasteiger partial charge in [-0.1, -0.05) is 44.2 Å². The van der Waals surface area contributed by atoms with E-state index in [1.807, 2.05) is 30.3 Å². The van der Waals surface area contributed by atoms with Crippen molar-refractivity contribution in [3.05, 3.63) is 42.0 Å². The zero-order valence-electron chi connectivity index (χ0n) is 10.6. The zero-order valence-corrected chi connectivity index (χ0v) is 10.6. The van der Waals surface area contributed by atoms with Crippen molar-refractivity contribution in [3.63, 3.8) is 0 Å². The van der Waals surface area contributed by atoms with Gasteiger partial charge in [-0.2, -0.15) is 0 Å². The molecule has 0 fully saturated rings. The Kier molecular flexibility index (Phi) is 6.08. The molecule has 0 heterocycles. The molecule has 0 saturated heterocycles. The van der Waals surface area contributed by atoms with Crippen molar-refractivity contribution >= 4 is 12.0 Å². The van der Waals surface area contributed by atoms with E-state index in [0.29, 0.717) is 12.5 Å². The van der Waals surface area contributed by atoms with Gasteiger partial charge in [0, 0.05) is 6.08 Å². The molecule has 0 amide bonds. The Labute approximate surface area is 103 Å². The van der Waals surface area contributed by atoms with Crippen LogP contribution < -0.4 is 0 Å². The normalized spacial score (nSPS) is 11.0. The minimum Gasteiger partial charge on any atom is -0.463 e. The lowest BCUT2D eigenvalue weighted by Crippen LogP contribution is -2.03. The second kappa shape index (κ2) is 7.66. The van der Waals surface area contributed by atoms with Crippen LogP contribution in [0, 0.1) is 5.92 Å². The maximum Gasteiger partial charge on any atom is 0.330 e. The summed E-state index contributed by atoms with van der Waals surface area (Å²) in [4.78, 5) is 11.4. The Balaban J connectivity index is 2.23. The summed E-state index contributed by atoms with van der Waals surface area (Å²) in [5.41, 5.74) is 1.01. The zero-order chi connectivity index (χ0) is 12.5. The number of hydrogen-bond acceptors (Lipinski definition) is 2. The monoisotopic (exact) mass is 232 g/mol. The Morgan fingerprint density at radius 2 is 2.00 bits per heavy atom. The molecule has 0 aliphatic rings. The molecular formula is C15H20O2. The van der Waals surface area contributed by atoms with E-state index in [4.69, 9.17) is 4.74 Å². The van der Waals surface area contributed by atoms with Gasteiger partial charge in [-0.25, -0.2) is 4.79 Å². The van der Waals surface area contributed by atoms with Crippen molar-refractivity contribution in [2.45, 2.75) is 26.7 Å². The first-order valence-corrected chi connectivity index (χ1v) is 6.08. The highest BCUT2D eigenvalue weighted by molar-refractivity contribution is 5.86. The third-order valence-electron chi connectivity index (χ3n) is 2.38. The smallest absolute Gasteiger partial charge is 0.330 e. The average Bonchev–Trinajstić information content (AvgIpc) is 2.33. The molecule has 0 aromatic heterocycles. The van der Waals surface area contributed by atoms with Gasteiger partial charge < -0.3 is 4.74 Å². The van der Waals surface area contributed by atoms with Crippen molar-refractivity contribution in [2.75, 3.05) is 6.61 Å². The minimum absolute atomic E-state index is 0.266. The van der Waals surface area contributed by atoms with Gasteiger partial charge in [0.05, 0.1) is 6.61 Å². The summed E-state index contributed by atoms with van der Waals surface area (Å²) in [5, 5.41) is 0. The van der Waals surface area contributed by atoms with Crippen molar-refractivity contribution in [1.82, 2.24) is 0 Å². The predicted octanol–water partition coefficient (Wildman–Crippen LogP) is 3.68. The van der Waals surface area contributed by atoms with Crippen molar-refractivity contribution in [3.8, 4) is 0 Å². The first kappa shape index (κ1) is 13.5. The molecule has 1 rings (SSSR count). The van der Waals surface area contributed by atoms with Crippen LogP contribution in [0.1, 0.15) is 32.3 Å². The fraction of sp³-hybridized carbons (Fsp3) is 0.400. The first-order valence-electron chi connectivity index (χ1n) is 6.08. The molecule has 0 atom stereocenters. The molecule has 2 nitrogen and oxygen atoms in total. The fourth-order valence-corrected chi connectivity index (χ4v) is 1.44. The SMILES string of the molecule is CC(C)CCCOC(=O)C=Cc1ccccc1. The lowest BCUT2D eigenvalue weighted by molar-refractivity contribution is -0.137. The fourth-order valence-electron chi connectivity index (χ4n) is 1.44. The van der Waals surface area contributed by atoms with E-state index in [-0.39, 0.29) is 5.97 Å². The van der Waals surface area contributed by atoms with Gasteiger partial charge in [-0.05, 0) is 30.4 Å². The molecule has 17 heavy (non-hydrogen) atoms. The van der Waals surface area contributed by atoms with Crippen LogP contribution in [-0.2, 0) is 9.53 Å². The van der Waals surface area contributed by atoms with Gasteiger partial charge in [0.1, 0.15) is 0 Å². The number of carbonyl (C=O) groups excluding carboxylic acids is 1. The van der Waals surface area contributed by atoms with Gasteiger partial charge in [0.15, 0.2) is 0 Å². The average molecular weight is 232 g/mol. The number of carbonyl (C=O) groups is 1. The molecule has 92 valence electrons. The topological polar surface area (TPSA) is 26.3 Å². The summed E-state index contributed by atoms with van der Waals surface area (Å²) in [7, 11) is 0.